The minimum atomic E-state index is -0.0271. The molecule has 1 aliphatic rings. The molecule has 2 rings (SSSR count). The van der Waals surface area contributed by atoms with Gasteiger partial charge >= 0.3 is 0 Å². The van der Waals surface area contributed by atoms with Gasteiger partial charge in [-0.2, -0.15) is 0 Å². The summed E-state index contributed by atoms with van der Waals surface area (Å²) in [7, 11) is 0. The van der Waals surface area contributed by atoms with Crippen LogP contribution in [0.5, 0.6) is 0 Å². The van der Waals surface area contributed by atoms with Crippen LogP contribution in [0.1, 0.15) is 18.9 Å². The first kappa shape index (κ1) is 8.27. The molecule has 1 aliphatic carbocycles. The quantitative estimate of drug-likeness (QED) is 0.782. The van der Waals surface area contributed by atoms with E-state index < -0.39 is 0 Å². The second-order valence-corrected chi connectivity index (χ2v) is 4.57. The van der Waals surface area contributed by atoms with E-state index >= 15 is 0 Å². The van der Waals surface area contributed by atoms with Crippen molar-refractivity contribution in [2.75, 3.05) is 0 Å². The number of rotatable bonds is 1. The van der Waals surface area contributed by atoms with E-state index in [4.69, 9.17) is 5.73 Å². The number of hydrogen-bond donors (Lipinski definition) is 1. The molecule has 0 spiro atoms. The number of benzene rings is 1. The van der Waals surface area contributed by atoms with Crippen molar-refractivity contribution >= 4 is 15.9 Å². The van der Waals surface area contributed by atoms with Gasteiger partial charge in [-0.05, 0) is 30.0 Å². The molecule has 1 fully saturated rings. The Balaban J connectivity index is 2.31. The Morgan fingerprint density at radius 2 is 1.92 bits per heavy atom. The molecule has 2 atom stereocenters. The Labute approximate surface area is 81.1 Å². The lowest BCUT2D eigenvalue weighted by atomic mass is 10.0. The lowest BCUT2D eigenvalue weighted by Crippen LogP contribution is -2.21. The van der Waals surface area contributed by atoms with Crippen molar-refractivity contribution < 1.29 is 0 Å². The van der Waals surface area contributed by atoms with Crippen LogP contribution in [0.15, 0.2) is 28.7 Å². The summed E-state index contributed by atoms with van der Waals surface area (Å²) in [6.07, 6.45) is 1.12. The zero-order chi connectivity index (χ0) is 8.77. The van der Waals surface area contributed by atoms with Crippen LogP contribution in [0.2, 0.25) is 0 Å². The van der Waals surface area contributed by atoms with Crippen molar-refractivity contribution in [2.24, 2.45) is 11.7 Å². The van der Waals surface area contributed by atoms with Gasteiger partial charge in [-0.15, -0.1) is 0 Å². The molecule has 0 radical (unpaired) electrons. The monoisotopic (exact) mass is 225 g/mol. The van der Waals surface area contributed by atoms with Gasteiger partial charge in [-0.1, -0.05) is 35.0 Å². The van der Waals surface area contributed by atoms with Crippen molar-refractivity contribution in [3.8, 4) is 0 Å². The summed E-state index contributed by atoms with van der Waals surface area (Å²) < 4.78 is 1.11. The first-order valence-electron chi connectivity index (χ1n) is 4.18. The lowest BCUT2D eigenvalue weighted by Gasteiger charge is -2.09. The highest BCUT2D eigenvalue weighted by Gasteiger charge is 2.48. The third kappa shape index (κ3) is 1.19. The predicted molar refractivity (Wildman–Crippen MR) is 53.8 cm³/mol. The van der Waals surface area contributed by atoms with Crippen molar-refractivity contribution in [3.63, 3.8) is 0 Å². The van der Waals surface area contributed by atoms with E-state index in [1.54, 1.807) is 0 Å². The Morgan fingerprint density at radius 3 is 2.33 bits per heavy atom. The first-order valence-corrected chi connectivity index (χ1v) is 4.97. The van der Waals surface area contributed by atoms with Crippen LogP contribution >= 0.6 is 15.9 Å². The van der Waals surface area contributed by atoms with Gasteiger partial charge in [-0.3, -0.25) is 0 Å². The molecule has 2 heteroatoms. The molecule has 0 amide bonds. The Kier molecular flexibility index (Phi) is 1.77. The van der Waals surface area contributed by atoms with Crippen molar-refractivity contribution in [1.29, 1.82) is 0 Å². The zero-order valence-electron chi connectivity index (χ0n) is 7.05. The highest BCUT2D eigenvalue weighted by Crippen LogP contribution is 2.49. The van der Waals surface area contributed by atoms with Crippen LogP contribution in [0.25, 0.3) is 0 Å². The van der Waals surface area contributed by atoms with Gasteiger partial charge < -0.3 is 5.73 Å². The second-order valence-electron chi connectivity index (χ2n) is 3.65. The van der Waals surface area contributed by atoms with E-state index in [2.05, 4.69) is 47.1 Å². The lowest BCUT2D eigenvalue weighted by molar-refractivity contribution is 0.665. The SMILES string of the molecule is CC1CC1(N)c1ccc(Br)cc1. The third-order valence-electron chi connectivity index (χ3n) is 2.74. The molecule has 64 valence electrons. The molecular formula is C10H12BrN. The van der Waals surface area contributed by atoms with Gasteiger partial charge in [-0.25, -0.2) is 0 Å². The Bertz CT molecular complexity index is 293. The second kappa shape index (κ2) is 2.57. The average Bonchev–Trinajstić information content (AvgIpc) is 2.62. The molecule has 1 aromatic rings. The summed E-state index contributed by atoms with van der Waals surface area (Å²) >= 11 is 3.41. The molecule has 1 aromatic carbocycles. The maximum Gasteiger partial charge on any atom is 0.0439 e. The summed E-state index contributed by atoms with van der Waals surface area (Å²) in [4.78, 5) is 0. The molecule has 0 saturated heterocycles. The van der Waals surface area contributed by atoms with Crippen molar-refractivity contribution in [1.82, 2.24) is 0 Å². The van der Waals surface area contributed by atoms with Crippen LogP contribution in [-0.2, 0) is 5.54 Å². The average molecular weight is 226 g/mol. The molecule has 12 heavy (non-hydrogen) atoms. The van der Waals surface area contributed by atoms with E-state index in [1.165, 1.54) is 5.56 Å². The number of halogens is 1. The zero-order valence-corrected chi connectivity index (χ0v) is 8.64. The Hall–Kier alpha value is -0.340. The van der Waals surface area contributed by atoms with Crippen LogP contribution in [0.3, 0.4) is 0 Å². The highest BCUT2D eigenvalue weighted by molar-refractivity contribution is 9.10. The van der Waals surface area contributed by atoms with Gasteiger partial charge in [0.1, 0.15) is 0 Å². The van der Waals surface area contributed by atoms with Gasteiger partial charge in [0.15, 0.2) is 0 Å². The fourth-order valence-corrected chi connectivity index (χ4v) is 1.87. The van der Waals surface area contributed by atoms with E-state index in [0.29, 0.717) is 5.92 Å². The van der Waals surface area contributed by atoms with Crippen LogP contribution in [0, 0.1) is 5.92 Å². The van der Waals surface area contributed by atoms with Gasteiger partial charge in [0, 0.05) is 10.0 Å². The van der Waals surface area contributed by atoms with E-state index in [1.807, 2.05) is 0 Å². The standard InChI is InChI=1S/C10H12BrN/c1-7-6-10(7,12)8-2-4-9(11)5-3-8/h2-5,7H,6,12H2,1H3. The maximum absolute atomic E-state index is 6.15. The third-order valence-corrected chi connectivity index (χ3v) is 3.27. The summed E-state index contributed by atoms with van der Waals surface area (Å²) in [5.41, 5.74) is 7.38. The smallest absolute Gasteiger partial charge is 0.0439 e. The van der Waals surface area contributed by atoms with Gasteiger partial charge in [0.05, 0.1) is 0 Å². The number of nitrogens with two attached hydrogens (primary N) is 1. The normalized spacial score (nSPS) is 33.4. The minimum absolute atomic E-state index is 0.0271. The summed E-state index contributed by atoms with van der Waals surface area (Å²) in [6.45, 7) is 2.20. The van der Waals surface area contributed by atoms with Crippen molar-refractivity contribution in [2.45, 2.75) is 18.9 Å². The fourth-order valence-electron chi connectivity index (χ4n) is 1.61. The van der Waals surface area contributed by atoms with Gasteiger partial charge in [0.25, 0.3) is 0 Å². The minimum Gasteiger partial charge on any atom is -0.321 e. The molecule has 1 nitrogen and oxygen atoms in total. The molecule has 2 unspecified atom stereocenters. The molecule has 2 N–H and O–H groups in total. The van der Waals surface area contributed by atoms with Gasteiger partial charge in [0.2, 0.25) is 0 Å². The number of hydrogen-bond acceptors (Lipinski definition) is 1. The van der Waals surface area contributed by atoms with Crippen LogP contribution in [-0.4, -0.2) is 0 Å². The fraction of sp³-hybridized carbons (Fsp3) is 0.400. The van der Waals surface area contributed by atoms with E-state index in [-0.39, 0.29) is 5.54 Å². The van der Waals surface area contributed by atoms with E-state index in [9.17, 15) is 0 Å². The molecule has 1 saturated carbocycles. The summed E-state index contributed by atoms with van der Waals surface area (Å²) in [5.74, 6) is 0.638. The maximum atomic E-state index is 6.15. The topological polar surface area (TPSA) is 26.0 Å². The van der Waals surface area contributed by atoms with E-state index in [0.717, 1.165) is 10.9 Å². The first-order chi connectivity index (χ1) is 5.63. The molecule has 0 bridgehead atoms. The molecule has 0 heterocycles. The molecule has 0 aliphatic heterocycles. The van der Waals surface area contributed by atoms with Crippen LogP contribution in [0.4, 0.5) is 0 Å². The highest BCUT2D eigenvalue weighted by atomic mass is 79.9. The van der Waals surface area contributed by atoms with Crippen molar-refractivity contribution in [3.05, 3.63) is 34.3 Å². The molecular weight excluding hydrogens is 214 g/mol. The summed E-state index contributed by atoms with van der Waals surface area (Å²) in [6, 6.07) is 8.31. The predicted octanol–water partition coefficient (Wildman–Crippen LogP) is 2.64. The largest absolute Gasteiger partial charge is 0.321 e. The Morgan fingerprint density at radius 1 is 1.42 bits per heavy atom. The van der Waals surface area contributed by atoms with Crippen LogP contribution < -0.4 is 5.73 Å². The summed E-state index contributed by atoms with van der Waals surface area (Å²) in [5, 5.41) is 0. The molecule has 0 aromatic heterocycles.